The van der Waals surface area contributed by atoms with E-state index in [1.807, 2.05) is 28.8 Å². The average molecular weight is 559 g/mol. The van der Waals surface area contributed by atoms with Crippen LogP contribution in [0.4, 0.5) is 5.69 Å². The second kappa shape index (κ2) is 9.49. The number of benzene rings is 1. The van der Waals surface area contributed by atoms with Gasteiger partial charge in [0.1, 0.15) is 0 Å². The van der Waals surface area contributed by atoms with Crippen LogP contribution in [-0.2, 0) is 37.7 Å². The number of nitrogens with zero attached hydrogens (tertiary/aromatic N) is 4. The van der Waals surface area contributed by atoms with Gasteiger partial charge in [-0.1, -0.05) is 18.2 Å². The third-order valence-corrected chi connectivity index (χ3v) is 10.7. The van der Waals surface area contributed by atoms with Crippen molar-refractivity contribution in [3.05, 3.63) is 71.3 Å². The lowest BCUT2D eigenvalue weighted by atomic mass is 9.73. The van der Waals surface area contributed by atoms with Gasteiger partial charge in [-0.05, 0) is 76.4 Å². The fourth-order valence-electron chi connectivity index (χ4n) is 5.94. The van der Waals surface area contributed by atoms with Gasteiger partial charge in [-0.15, -0.1) is 0 Å². The number of hydrogen-bond acceptors (Lipinski definition) is 4. The molecule has 0 amide bonds. The fourth-order valence-corrected chi connectivity index (χ4v) is 7.82. The minimum atomic E-state index is -2.23. The number of rotatable bonds is 7. The number of halogens is 1. The predicted octanol–water partition coefficient (Wildman–Crippen LogP) is 4.55. The number of aromatic nitrogens is 2. The molecule has 2 aliphatic heterocycles. The average Bonchev–Trinajstić information content (AvgIpc) is 3.26. The molecule has 0 N–H and O–H groups in total. The Balaban J connectivity index is 1.50. The van der Waals surface area contributed by atoms with Crippen LogP contribution in [-0.4, -0.2) is 65.4 Å². The molecule has 0 aliphatic carbocycles. The molecule has 2 atom stereocenters. The number of anilines is 1. The normalized spacial score (nSPS) is 20.7. The van der Waals surface area contributed by atoms with Crippen LogP contribution in [0, 0.1) is 0 Å². The summed E-state index contributed by atoms with van der Waals surface area (Å²) in [5.74, 6) is 8.30. The Morgan fingerprint density at radius 3 is 2.51 bits per heavy atom. The second-order valence-corrected chi connectivity index (χ2v) is 16.3. The quantitative estimate of drug-likeness (QED) is 0.399. The van der Waals surface area contributed by atoms with Gasteiger partial charge in [0.2, 0.25) is 0 Å². The maximum Gasteiger partial charge on any atom is 0.0640 e. The topological polar surface area (TPSA) is 58.4 Å². The zero-order valence-electron chi connectivity index (χ0n) is 21.6. The Labute approximate surface area is 226 Å². The molecule has 1 fully saturated rings. The molecule has 1 aromatic carbocycles. The van der Waals surface area contributed by atoms with Gasteiger partial charge in [-0.25, -0.2) is 4.31 Å². The van der Waals surface area contributed by atoms with Gasteiger partial charge in [0.25, 0.3) is 0 Å². The highest BCUT2D eigenvalue weighted by Gasteiger charge is 2.48. The lowest BCUT2D eigenvalue weighted by Crippen LogP contribution is -2.45. The van der Waals surface area contributed by atoms with Gasteiger partial charge in [-0.3, -0.25) is 13.4 Å². The van der Waals surface area contributed by atoms with Crippen molar-refractivity contribution < 1.29 is 8.42 Å². The predicted molar refractivity (Wildman–Crippen MR) is 161 cm³/mol. The van der Waals surface area contributed by atoms with E-state index in [4.69, 9.17) is 11.6 Å². The summed E-state index contributed by atoms with van der Waals surface area (Å²) in [5, 5.41) is 1.79. The lowest BCUT2D eigenvalue weighted by molar-refractivity contribution is 0.275. The van der Waals surface area contributed by atoms with Crippen molar-refractivity contribution in [2.45, 2.75) is 37.8 Å². The maximum atomic E-state index is 12.6. The minimum Gasteiger partial charge on any atom is -0.343 e. The van der Waals surface area contributed by atoms with E-state index in [9.17, 15) is 8.42 Å². The van der Waals surface area contributed by atoms with E-state index in [1.54, 1.807) is 12.5 Å². The molecule has 2 unspecified atom stereocenters. The van der Waals surface area contributed by atoms with Gasteiger partial charge in [-0.2, -0.15) is 0 Å². The smallest absolute Gasteiger partial charge is 0.0640 e. The first-order valence-electron chi connectivity index (χ1n) is 12.5. The molecule has 9 heteroatoms. The molecule has 0 radical (unpaired) electrons. The number of hydrogen-bond donors (Lipinski definition) is 0. The number of pyridine rings is 1. The van der Waals surface area contributed by atoms with Crippen LogP contribution < -0.4 is 4.90 Å². The molecule has 1 spiro atoms. The SMILES string of the molecule is C=C1N(Cc2cc3cc(Cl)ccc3n2CCCS(=C)(C)=O)c2cnccc2C12CCN(S(=C)(C)=O)CC2. The van der Waals surface area contributed by atoms with Crippen molar-refractivity contribution in [1.82, 2.24) is 13.9 Å². The Hall–Kier alpha value is -2.26. The molecule has 6 nitrogen and oxygen atoms in total. The van der Waals surface area contributed by atoms with Crippen molar-refractivity contribution >= 4 is 59.2 Å². The van der Waals surface area contributed by atoms with Crippen molar-refractivity contribution in [1.29, 1.82) is 0 Å². The molecule has 3 aromatic rings. The van der Waals surface area contributed by atoms with Gasteiger partial charge >= 0.3 is 0 Å². The van der Waals surface area contributed by atoms with E-state index in [0.29, 0.717) is 30.4 Å². The Bertz CT molecular complexity index is 1580. The summed E-state index contributed by atoms with van der Waals surface area (Å²) in [6.07, 6.45) is 9.68. The number of piperidine rings is 1. The Morgan fingerprint density at radius 1 is 1.11 bits per heavy atom. The van der Waals surface area contributed by atoms with Crippen molar-refractivity contribution in [2.24, 2.45) is 0 Å². The van der Waals surface area contributed by atoms with Gasteiger partial charge in [0.05, 0.1) is 18.4 Å². The Kier molecular flexibility index (Phi) is 6.76. The third-order valence-electron chi connectivity index (χ3n) is 7.83. The van der Waals surface area contributed by atoms with Crippen molar-refractivity contribution in [3.8, 4) is 0 Å². The molecule has 37 heavy (non-hydrogen) atoms. The van der Waals surface area contributed by atoms with Crippen LogP contribution in [0.25, 0.3) is 10.9 Å². The summed E-state index contributed by atoms with van der Waals surface area (Å²) in [4.78, 5) is 6.75. The van der Waals surface area contributed by atoms with Crippen molar-refractivity contribution in [3.63, 3.8) is 0 Å². The van der Waals surface area contributed by atoms with Crippen LogP contribution in [0.3, 0.4) is 0 Å². The van der Waals surface area contributed by atoms with E-state index in [1.165, 1.54) is 5.56 Å². The highest BCUT2D eigenvalue weighted by Crippen LogP contribution is 2.53. The van der Waals surface area contributed by atoms with Gasteiger partial charge in [0.15, 0.2) is 0 Å². The first kappa shape index (κ1) is 26.4. The van der Waals surface area contributed by atoms with E-state index in [2.05, 4.69) is 51.0 Å². The molecule has 2 aromatic heterocycles. The molecular weight excluding hydrogens is 524 g/mol. The first-order valence-corrected chi connectivity index (χ1v) is 17.2. The fraction of sp³-hybridized carbons (Fsp3) is 0.393. The summed E-state index contributed by atoms with van der Waals surface area (Å²) < 4.78 is 29.2. The lowest BCUT2D eigenvalue weighted by Gasteiger charge is -2.41. The van der Waals surface area contributed by atoms with E-state index in [0.717, 1.165) is 53.8 Å². The van der Waals surface area contributed by atoms with Crippen LogP contribution in [0.15, 0.2) is 55.0 Å². The molecule has 0 saturated carbocycles. The Morgan fingerprint density at radius 2 is 1.84 bits per heavy atom. The van der Waals surface area contributed by atoms with Crippen molar-refractivity contribution in [2.75, 3.05) is 36.3 Å². The van der Waals surface area contributed by atoms with E-state index in [-0.39, 0.29) is 5.41 Å². The summed E-state index contributed by atoms with van der Waals surface area (Å²) in [7, 11) is -4.29. The highest BCUT2D eigenvalue weighted by molar-refractivity contribution is 7.99. The van der Waals surface area contributed by atoms with E-state index >= 15 is 0 Å². The standard InChI is InChI=1S/C28H35ClN4O2S2/c1-21-28(10-14-31(15-11-28)37(4,5)35)25-9-12-30-19-27(25)33(21)20-24-18-22-17-23(29)7-8-26(22)32(24)13-6-16-36(2,3)34/h7-9,12,17-19H,1-2,4,6,10-11,13-16,20H2,3,5H3. The monoisotopic (exact) mass is 558 g/mol. The van der Waals surface area contributed by atoms with Crippen LogP contribution >= 0.6 is 11.6 Å². The summed E-state index contributed by atoms with van der Waals surface area (Å²) in [5.41, 5.74) is 5.43. The zero-order valence-corrected chi connectivity index (χ0v) is 24.0. The zero-order chi connectivity index (χ0) is 26.6. The highest BCUT2D eigenvalue weighted by atomic mass is 35.5. The first-order chi connectivity index (χ1) is 17.4. The molecular formula is C28H35ClN4O2S2. The second-order valence-electron chi connectivity index (χ2n) is 10.6. The maximum absolute atomic E-state index is 12.6. The number of aryl methyl sites for hydroxylation is 1. The van der Waals surface area contributed by atoms with E-state index < -0.39 is 19.2 Å². The van der Waals surface area contributed by atoms with Crippen LogP contribution in [0.2, 0.25) is 5.02 Å². The number of allylic oxidation sites excluding steroid dienone is 1. The number of fused-ring (bicyclic) bond motifs is 3. The molecule has 4 heterocycles. The molecule has 5 rings (SSSR count). The molecule has 198 valence electrons. The van der Waals surface area contributed by atoms with Gasteiger partial charge < -0.3 is 9.47 Å². The largest absolute Gasteiger partial charge is 0.343 e. The van der Waals surface area contributed by atoms with Crippen LogP contribution in [0.1, 0.15) is 30.5 Å². The molecule has 2 aliphatic rings. The summed E-state index contributed by atoms with van der Waals surface area (Å²) in [6, 6.07) is 10.3. The summed E-state index contributed by atoms with van der Waals surface area (Å²) >= 11 is 6.33. The van der Waals surface area contributed by atoms with Gasteiger partial charge in [0, 0.05) is 86.5 Å². The summed E-state index contributed by atoms with van der Waals surface area (Å²) in [6.45, 7) is 7.44. The minimum absolute atomic E-state index is 0.207. The molecule has 1 saturated heterocycles. The third kappa shape index (κ3) is 4.97. The molecule has 0 bridgehead atoms. The van der Waals surface area contributed by atoms with Crippen LogP contribution in [0.5, 0.6) is 0 Å².